The van der Waals surface area contributed by atoms with Gasteiger partial charge in [-0.2, -0.15) is 0 Å². The first kappa shape index (κ1) is 21.4. The van der Waals surface area contributed by atoms with Crippen LogP contribution >= 0.6 is 11.6 Å². The van der Waals surface area contributed by atoms with Crippen LogP contribution in [0.5, 0.6) is 0 Å². The van der Waals surface area contributed by atoms with Gasteiger partial charge < -0.3 is 0 Å². The number of alkyl halides is 1. The number of halogens is 2. The lowest BCUT2D eigenvalue weighted by atomic mass is 10.1. The molecule has 1 unspecified atom stereocenters. The highest BCUT2D eigenvalue weighted by molar-refractivity contribution is 8.04. The molecule has 0 aliphatic carbocycles. The maximum absolute atomic E-state index is 15.1. The SMILES string of the molecule is O=S(=O)(c1ccccc1)N(CC(F)c1ccccc1Cl)S(=O)(=O)c1ccccc1. The van der Waals surface area contributed by atoms with Crippen LogP contribution in [-0.2, 0) is 20.0 Å². The molecule has 0 radical (unpaired) electrons. The molecular formula is C20H17ClFNO4S2. The van der Waals surface area contributed by atoms with Crippen molar-refractivity contribution in [2.24, 2.45) is 0 Å². The molecule has 0 saturated carbocycles. The van der Waals surface area contributed by atoms with Crippen molar-refractivity contribution in [3.8, 4) is 0 Å². The van der Waals surface area contributed by atoms with Crippen molar-refractivity contribution in [1.82, 2.24) is 3.71 Å². The van der Waals surface area contributed by atoms with E-state index in [1.807, 2.05) is 0 Å². The highest BCUT2D eigenvalue weighted by Crippen LogP contribution is 2.31. The lowest BCUT2D eigenvalue weighted by Crippen LogP contribution is -2.39. The third-order valence-corrected chi connectivity index (χ3v) is 8.80. The fraction of sp³-hybridized carbons (Fsp3) is 0.100. The number of hydrogen-bond acceptors (Lipinski definition) is 4. The quantitative estimate of drug-likeness (QED) is 0.530. The minimum Gasteiger partial charge on any atom is -0.241 e. The Labute approximate surface area is 174 Å². The second-order valence-electron chi connectivity index (χ2n) is 6.08. The molecule has 0 fully saturated rings. The van der Waals surface area contributed by atoms with Crippen LogP contribution in [0.2, 0.25) is 5.02 Å². The van der Waals surface area contributed by atoms with Gasteiger partial charge >= 0.3 is 0 Å². The van der Waals surface area contributed by atoms with Crippen LogP contribution in [0, 0.1) is 0 Å². The van der Waals surface area contributed by atoms with Gasteiger partial charge in [0.1, 0.15) is 6.17 Å². The van der Waals surface area contributed by atoms with E-state index in [1.54, 1.807) is 18.2 Å². The minimum atomic E-state index is -4.56. The zero-order chi connectivity index (χ0) is 21.1. The van der Waals surface area contributed by atoms with Gasteiger partial charge in [0.25, 0.3) is 20.0 Å². The molecule has 9 heteroatoms. The molecule has 5 nitrogen and oxygen atoms in total. The molecule has 152 valence electrons. The van der Waals surface area contributed by atoms with Gasteiger partial charge in [-0.05, 0) is 30.3 Å². The molecule has 0 aromatic heterocycles. The Hall–Kier alpha value is -2.26. The average molecular weight is 454 g/mol. The van der Waals surface area contributed by atoms with E-state index in [4.69, 9.17) is 11.6 Å². The fourth-order valence-corrected chi connectivity index (χ4v) is 6.63. The Balaban J connectivity index is 2.11. The Kier molecular flexibility index (Phi) is 6.38. The van der Waals surface area contributed by atoms with Gasteiger partial charge in [-0.3, -0.25) is 0 Å². The van der Waals surface area contributed by atoms with E-state index in [0.717, 1.165) is 0 Å². The van der Waals surface area contributed by atoms with Gasteiger partial charge in [0.05, 0.1) is 16.3 Å². The Morgan fingerprint density at radius 3 is 1.59 bits per heavy atom. The van der Waals surface area contributed by atoms with Crippen LogP contribution < -0.4 is 0 Å². The number of benzene rings is 3. The van der Waals surface area contributed by atoms with E-state index in [1.165, 1.54) is 66.7 Å². The van der Waals surface area contributed by atoms with Crippen LogP contribution in [0.25, 0.3) is 0 Å². The van der Waals surface area contributed by atoms with Crippen molar-refractivity contribution in [3.05, 3.63) is 95.5 Å². The number of hydrogen-bond donors (Lipinski definition) is 0. The fourth-order valence-electron chi connectivity index (χ4n) is 2.70. The zero-order valence-electron chi connectivity index (χ0n) is 15.0. The molecule has 3 aromatic carbocycles. The monoisotopic (exact) mass is 453 g/mol. The van der Waals surface area contributed by atoms with E-state index in [0.29, 0.717) is 0 Å². The van der Waals surface area contributed by atoms with Gasteiger partial charge in [0, 0.05) is 10.6 Å². The predicted octanol–water partition coefficient (Wildman–Crippen LogP) is 4.43. The number of sulfonamides is 2. The van der Waals surface area contributed by atoms with Crippen molar-refractivity contribution in [2.45, 2.75) is 16.0 Å². The maximum atomic E-state index is 15.1. The largest absolute Gasteiger partial charge is 0.256 e. The standard InChI is InChI=1S/C20H17ClFNO4S2/c21-19-14-8-7-13-18(19)20(22)15-23(28(24,25)16-9-3-1-4-10-16)29(26,27)17-11-5-2-6-12-17/h1-14,20H,15H2. The van der Waals surface area contributed by atoms with Gasteiger partial charge in [-0.25, -0.2) is 21.2 Å². The summed E-state index contributed by atoms with van der Waals surface area (Å²) in [5.74, 6) is 0. The van der Waals surface area contributed by atoms with Crippen molar-refractivity contribution >= 4 is 31.6 Å². The summed E-state index contributed by atoms with van der Waals surface area (Å²) in [6.07, 6.45) is -1.96. The lowest BCUT2D eigenvalue weighted by molar-refractivity contribution is 0.308. The predicted molar refractivity (Wildman–Crippen MR) is 109 cm³/mol. The lowest BCUT2D eigenvalue weighted by Gasteiger charge is -2.24. The van der Waals surface area contributed by atoms with Crippen molar-refractivity contribution in [1.29, 1.82) is 0 Å². The van der Waals surface area contributed by atoms with Crippen LogP contribution in [0.4, 0.5) is 4.39 Å². The normalized spacial score (nSPS) is 13.3. The third-order valence-electron chi connectivity index (χ3n) is 4.17. The first-order chi connectivity index (χ1) is 13.7. The third kappa shape index (κ3) is 4.51. The van der Waals surface area contributed by atoms with E-state index >= 15 is 4.39 Å². The molecule has 0 spiro atoms. The zero-order valence-corrected chi connectivity index (χ0v) is 17.4. The van der Waals surface area contributed by atoms with Gasteiger partial charge in [0.15, 0.2) is 0 Å². The second-order valence-corrected chi connectivity index (χ2v) is 10.4. The molecule has 0 saturated heterocycles. The molecule has 0 aliphatic rings. The molecule has 0 amide bonds. The number of rotatable bonds is 7. The molecule has 0 N–H and O–H groups in total. The van der Waals surface area contributed by atoms with E-state index in [9.17, 15) is 16.8 Å². The summed E-state index contributed by atoms with van der Waals surface area (Å²) in [4.78, 5) is -0.517. The molecule has 3 aromatic rings. The first-order valence-corrected chi connectivity index (χ1v) is 11.8. The van der Waals surface area contributed by atoms with Gasteiger partial charge in [-0.1, -0.05) is 69.9 Å². The summed E-state index contributed by atoms with van der Waals surface area (Å²) in [6.45, 7) is -0.946. The molecule has 3 rings (SSSR count). The Bertz CT molecular complexity index is 1120. The minimum absolute atomic E-state index is 0.00527. The van der Waals surface area contributed by atoms with E-state index < -0.39 is 32.8 Å². The highest BCUT2D eigenvalue weighted by atomic mass is 35.5. The van der Waals surface area contributed by atoms with Crippen LogP contribution in [0.1, 0.15) is 11.7 Å². The number of nitrogens with zero attached hydrogens (tertiary/aromatic N) is 1. The molecular weight excluding hydrogens is 437 g/mol. The van der Waals surface area contributed by atoms with Crippen molar-refractivity contribution in [3.63, 3.8) is 0 Å². The summed E-state index contributed by atoms with van der Waals surface area (Å²) >= 11 is 6.01. The van der Waals surface area contributed by atoms with Crippen LogP contribution in [-0.4, -0.2) is 27.1 Å². The smallest absolute Gasteiger partial charge is 0.241 e. The summed E-state index contributed by atoms with van der Waals surface area (Å²) in [5.41, 5.74) is 0.00527. The molecule has 1 atom stereocenters. The Morgan fingerprint density at radius 2 is 1.14 bits per heavy atom. The van der Waals surface area contributed by atoms with Gasteiger partial charge in [-0.15, -0.1) is 0 Å². The topological polar surface area (TPSA) is 71.5 Å². The molecule has 0 heterocycles. The van der Waals surface area contributed by atoms with Crippen molar-refractivity contribution in [2.75, 3.05) is 6.54 Å². The highest BCUT2D eigenvalue weighted by Gasteiger charge is 2.38. The summed E-state index contributed by atoms with van der Waals surface area (Å²) in [6, 6.07) is 20.0. The average Bonchev–Trinajstić information content (AvgIpc) is 2.73. The second kappa shape index (κ2) is 8.62. The summed E-state index contributed by atoms with van der Waals surface area (Å²) in [7, 11) is -9.12. The van der Waals surface area contributed by atoms with E-state index in [-0.39, 0.29) is 24.1 Å². The van der Waals surface area contributed by atoms with Crippen molar-refractivity contribution < 1.29 is 21.2 Å². The van der Waals surface area contributed by atoms with Crippen LogP contribution in [0.15, 0.2) is 94.7 Å². The maximum Gasteiger partial charge on any atom is 0.256 e. The molecule has 0 bridgehead atoms. The van der Waals surface area contributed by atoms with Crippen LogP contribution in [0.3, 0.4) is 0 Å². The van der Waals surface area contributed by atoms with E-state index in [2.05, 4.69) is 0 Å². The molecule has 29 heavy (non-hydrogen) atoms. The molecule has 0 aliphatic heterocycles. The summed E-state index contributed by atoms with van der Waals surface area (Å²) < 4.78 is 67.9. The Morgan fingerprint density at radius 1 is 0.724 bits per heavy atom. The summed E-state index contributed by atoms with van der Waals surface area (Å²) in [5, 5.41) is 0.0779. The first-order valence-electron chi connectivity index (χ1n) is 8.51. The van der Waals surface area contributed by atoms with Gasteiger partial charge in [0.2, 0.25) is 0 Å².